The van der Waals surface area contributed by atoms with Gasteiger partial charge in [-0.25, -0.2) is 0 Å². The van der Waals surface area contributed by atoms with E-state index in [9.17, 15) is 4.79 Å². The normalized spacial score (nSPS) is 10.1. The van der Waals surface area contributed by atoms with Crippen LogP contribution in [-0.4, -0.2) is 22.6 Å². The van der Waals surface area contributed by atoms with E-state index in [2.05, 4.69) is 27.8 Å². The van der Waals surface area contributed by atoms with Gasteiger partial charge in [-0.1, -0.05) is 6.92 Å². The summed E-state index contributed by atoms with van der Waals surface area (Å²) in [6.45, 7) is 3.04. The maximum Gasteiger partial charge on any atom is 0.255 e. The van der Waals surface area contributed by atoms with E-state index in [-0.39, 0.29) is 5.91 Å². The Morgan fingerprint density at radius 3 is 2.67 bits per heavy atom. The third kappa shape index (κ3) is 3.10. The van der Waals surface area contributed by atoms with Gasteiger partial charge >= 0.3 is 0 Å². The SMILES string of the molecule is CCCNc1ccc(C(=O)Nc2cn[nH]c2)cc1. The van der Waals surface area contributed by atoms with Gasteiger partial charge in [0.25, 0.3) is 5.91 Å². The van der Waals surface area contributed by atoms with Crippen molar-refractivity contribution in [3.05, 3.63) is 42.2 Å². The molecule has 0 bridgehead atoms. The van der Waals surface area contributed by atoms with E-state index in [4.69, 9.17) is 0 Å². The van der Waals surface area contributed by atoms with Crippen molar-refractivity contribution in [3.8, 4) is 0 Å². The number of carbonyl (C=O) groups is 1. The second-order valence-corrected chi connectivity index (χ2v) is 3.95. The van der Waals surface area contributed by atoms with Crippen LogP contribution in [0, 0.1) is 0 Å². The van der Waals surface area contributed by atoms with E-state index in [1.54, 1.807) is 24.5 Å². The van der Waals surface area contributed by atoms with Crippen molar-refractivity contribution in [3.63, 3.8) is 0 Å². The van der Waals surface area contributed by atoms with Crippen LogP contribution in [0.5, 0.6) is 0 Å². The fourth-order valence-corrected chi connectivity index (χ4v) is 1.53. The number of carbonyl (C=O) groups excluding carboxylic acids is 1. The Balaban J connectivity index is 1.98. The van der Waals surface area contributed by atoms with Gasteiger partial charge in [-0.15, -0.1) is 0 Å². The van der Waals surface area contributed by atoms with Crippen molar-refractivity contribution in [2.45, 2.75) is 13.3 Å². The third-order valence-electron chi connectivity index (χ3n) is 2.48. The molecule has 0 aliphatic carbocycles. The maximum absolute atomic E-state index is 11.9. The summed E-state index contributed by atoms with van der Waals surface area (Å²) in [5.74, 6) is -0.140. The Hall–Kier alpha value is -2.30. The molecule has 0 fully saturated rings. The van der Waals surface area contributed by atoms with Crippen LogP contribution >= 0.6 is 0 Å². The molecule has 0 unspecified atom stereocenters. The molecule has 1 heterocycles. The molecule has 0 aliphatic rings. The highest BCUT2D eigenvalue weighted by molar-refractivity contribution is 6.04. The molecule has 0 saturated heterocycles. The Labute approximate surface area is 106 Å². The minimum absolute atomic E-state index is 0.140. The summed E-state index contributed by atoms with van der Waals surface area (Å²) < 4.78 is 0. The number of nitrogens with zero attached hydrogens (tertiary/aromatic N) is 1. The van der Waals surface area contributed by atoms with Crippen molar-refractivity contribution in [2.24, 2.45) is 0 Å². The van der Waals surface area contributed by atoms with Crippen LogP contribution in [0.15, 0.2) is 36.7 Å². The second-order valence-electron chi connectivity index (χ2n) is 3.95. The quantitative estimate of drug-likeness (QED) is 0.756. The van der Waals surface area contributed by atoms with Gasteiger partial charge in [0.15, 0.2) is 0 Å². The molecule has 1 amide bonds. The highest BCUT2D eigenvalue weighted by Crippen LogP contribution is 2.11. The van der Waals surface area contributed by atoms with Crippen LogP contribution in [0.25, 0.3) is 0 Å². The molecule has 0 atom stereocenters. The Kier molecular flexibility index (Phi) is 3.96. The van der Waals surface area contributed by atoms with E-state index >= 15 is 0 Å². The first-order chi connectivity index (χ1) is 8.79. The first kappa shape index (κ1) is 12.2. The second kappa shape index (κ2) is 5.86. The summed E-state index contributed by atoms with van der Waals surface area (Å²) in [5, 5.41) is 12.4. The fourth-order valence-electron chi connectivity index (χ4n) is 1.53. The lowest BCUT2D eigenvalue weighted by molar-refractivity contribution is 0.102. The standard InChI is InChI=1S/C13H16N4O/c1-2-7-14-11-5-3-10(4-6-11)13(18)17-12-8-15-16-9-12/h3-6,8-9,14H,2,7H2,1H3,(H,15,16)(H,17,18). The van der Waals surface area contributed by atoms with Gasteiger partial charge in [-0.3, -0.25) is 9.89 Å². The van der Waals surface area contributed by atoms with Gasteiger partial charge in [0, 0.05) is 24.0 Å². The zero-order valence-corrected chi connectivity index (χ0v) is 10.2. The van der Waals surface area contributed by atoms with Crippen LogP contribution < -0.4 is 10.6 Å². The molecule has 0 radical (unpaired) electrons. The summed E-state index contributed by atoms with van der Waals surface area (Å²) in [5.41, 5.74) is 2.31. The molecule has 3 N–H and O–H groups in total. The van der Waals surface area contributed by atoms with E-state index in [0.29, 0.717) is 11.3 Å². The Morgan fingerprint density at radius 2 is 2.06 bits per heavy atom. The van der Waals surface area contributed by atoms with Crippen LogP contribution in [0.3, 0.4) is 0 Å². The first-order valence-electron chi connectivity index (χ1n) is 5.93. The molecular weight excluding hydrogens is 228 g/mol. The Morgan fingerprint density at radius 1 is 1.28 bits per heavy atom. The van der Waals surface area contributed by atoms with Gasteiger partial charge in [0.05, 0.1) is 11.9 Å². The van der Waals surface area contributed by atoms with Gasteiger partial charge in [-0.2, -0.15) is 5.10 Å². The smallest absolute Gasteiger partial charge is 0.255 e. The number of rotatable bonds is 5. The van der Waals surface area contributed by atoms with Crippen molar-refractivity contribution in [1.82, 2.24) is 10.2 Å². The highest BCUT2D eigenvalue weighted by Gasteiger charge is 2.06. The zero-order chi connectivity index (χ0) is 12.8. The molecule has 18 heavy (non-hydrogen) atoms. The van der Waals surface area contributed by atoms with Crippen LogP contribution in [-0.2, 0) is 0 Å². The molecular formula is C13H16N4O. The number of aromatic amines is 1. The number of anilines is 2. The molecule has 0 spiro atoms. The summed E-state index contributed by atoms with van der Waals surface area (Å²) in [6, 6.07) is 7.40. The summed E-state index contributed by atoms with van der Waals surface area (Å²) in [6.07, 6.45) is 4.27. The number of nitrogens with one attached hydrogen (secondary N) is 3. The molecule has 2 aromatic rings. The topological polar surface area (TPSA) is 69.8 Å². The maximum atomic E-state index is 11.9. The highest BCUT2D eigenvalue weighted by atomic mass is 16.1. The molecule has 1 aromatic heterocycles. The number of amides is 1. The van der Waals surface area contributed by atoms with Crippen LogP contribution in [0.4, 0.5) is 11.4 Å². The predicted molar refractivity (Wildman–Crippen MR) is 71.8 cm³/mol. The molecule has 94 valence electrons. The van der Waals surface area contributed by atoms with Crippen molar-refractivity contribution in [1.29, 1.82) is 0 Å². The van der Waals surface area contributed by atoms with Gasteiger partial charge in [0.2, 0.25) is 0 Å². The van der Waals surface area contributed by atoms with Gasteiger partial charge in [0.1, 0.15) is 0 Å². The third-order valence-corrected chi connectivity index (χ3v) is 2.48. The lowest BCUT2D eigenvalue weighted by Crippen LogP contribution is -2.11. The van der Waals surface area contributed by atoms with Crippen LogP contribution in [0.2, 0.25) is 0 Å². The average molecular weight is 244 g/mol. The number of benzene rings is 1. The zero-order valence-electron chi connectivity index (χ0n) is 10.2. The molecule has 2 rings (SSSR count). The van der Waals surface area contributed by atoms with Crippen LogP contribution in [0.1, 0.15) is 23.7 Å². The number of hydrogen-bond donors (Lipinski definition) is 3. The minimum Gasteiger partial charge on any atom is -0.385 e. The largest absolute Gasteiger partial charge is 0.385 e. The fraction of sp³-hybridized carbons (Fsp3) is 0.231. The molecule has 0 aliphatic heterocycles. The monoisotopic (exact) mass is 244 g/mol. The molecule has 1 aromatic carbocycles. The molecule has 0 saturated carbocycles. The predicted octanol–water partition coefficient (Wildman–Crippen LogP) is 2.48. The first-order valence-corrected chi connectivity index (χ1v) is 5.93. The number of hydrogen-bond acceptors (Lipinski definition) is 3. The summed E-state index contributed by atoms with van der Waals surface area (Å²) in [7, 11) is 0. The van der Waals surface area contributed by atoms with E-state index in [1.807, 2.05) is 12.1 Å². The van der Waals surface area contributed by atoms with Gasteiger partial charge < -0.3 is 10.6 Å². The summed E-state index contributed by atoms with van der Waals surface area (Å²) in [4.78, 5) is 11.9. The Bertz CT molecular complexity index is 490. The van der Waals surface area contributed by atoms with Gasteiger partial charge in [-0.05, 0) is 30.7 Å². The van der Waals surface area contributed by atoms with Crippen molar-refractivity contribution < 1.29 is 4.79 Å². The molecule has 5 nitrogen and oxygen atoms in total. The summed E-state index contributed by atoms with van der Waals surface area (Å²) >= 11 is 0. The van der Waals surface area contributed by atoms with E-state index in [0.717, 1.165) is 18.7 Å². The van der Waals surface area contributed by atoms with Crippen molar-refractivity contribution >= 4 is 17.3 Å². The average Bonchev–Trinajstić information content (AvgIpc) is 2.89. The molecule has 5 heteroatoms. The van der Waals surface area contributed by atoms with Crippen molar-refractivity contribution in [2.75, 3.05) is 17.2 Å². The minimum atomic E-state index is -0.140. The lowest BCUT2D eigenvalue weighted by Gasteiger charge is -2.06. The lowest BCUT2D eigenvalue weighted by atomic mass is 10.2. The van der Waals surface area contributed by atoms with E-state index in [1.165, 1.54) is 0 Å². The van der Waals surface area contributed by atoms with E-state index < -0.39 is 0 Å². The number of aromatic nitrogens is 2. The number of H-pyrrole nitrogens is 1.